The summed E-state index contributed by atoms with van der Waals surface area (Å²) < 4.78 is 0. The van der Waals surface area contributed by atoms with Crippen LogP contribution in [-0.4, -0.2) is 28.9 Å². The smallest absolute Gasteiger partial charge is 0.307 e. The molecule has 1 fully saturated rings. The fraction of sp³-hybridized carbons (Fsp3) is 0.389. The Bertz CT molecular complexity index is 694. The zero-order valence-corrected chi connectivity index (χ0v) is 13.2. The van der Waals surface area contributed by atoms with Gasteiger partial charge in [0.1, 0.15) is 0 Å². The van der Waals surface area contributed by atoms with Gasteiger partial charge < -0.3 is 15.7 Å². The zero-order chi connectivity index (χ0) is 17.1. The summed E-state index contributed by atoms with van der Waals surface area (Å²) in [5.74, 6) is -2.92. The Hall–Kier alpha value is -2.63. The molecule has 1 saturated carbocycles. The number of benzene rings is 1. The predicted molar refractivity (Wildman–Crippen MR) is 88.5 cm³/mol. The molecular formula is C18H20N2O4. The number of amides is 2. The van der Waals surface area contributed by atoms with Crippen LogP contribution in [-0.2, 0) is 9.59 Å². The van der Waals surface area contributed by atoms with Gasteiger partial charge in [-0.1, -0.05) is 24.3 Å². The number of allylic oxidation sites excluding steroid dienone is 2. The van der Waals surface area contributed by atoms with Crippen molar-refractivity contribution in [1.29, 1.82) is 0 Å². The van der Waals surface area contributed by atoms with E-state index in [1.807, 2.05) is 6.08 Å². The molecule has 24 heavy (non-hydrogen) atoms. The molecule has 3 rings (SSSR count). The fourth-order valence-electron chi connectivity index (χ4n) is 2.88. The number of hydrogen-bond donors (Lipinski definition) is 3. The molecule has 0 unspecified atom stereocenters. The third-order valence-electron chi connectivity index (χ3n) is 4.43. The van der Waals surface area contributed by atoms with E-state index >= 15 is 0 Å². The van der Waals surface area contributed by atoms with Crippen LogP contribution in [0.4, 0.5) is 5.69 Å². The van der Waals surface area contributed by atoms with Crippen LogP contribution in [0.3, 0.4) is 0 Å². The van der Waals surface area contributed by atoms with Gasteiger partial charge in [-0.3, -0.25) is 14.4 Å². The number of para-hydroxylation sites is 1. The second-order valence-electron chi connectivity index (χ2n) is 6.28. The quantitative estimate of drug-likeness (QED) is 0.722. The van der Waals surface area contributed by atoms with Gasteiger partial charge in [0, 0.05) is 6.04 Å². The van der Waals surface area contributed by atoms with Crippen LogP contribution >= 0.6 is 0 Å². The van der Waals surface area contributed by atoms with Crippen LogP contribution in [0.5, 0.6) is 0 Å². The number of aliphatic carboxylic acids is 1. The molecule has 1 aromatic rings. The molecule has 126 valence electrons. The number of anilines is 1. The Morgan fingerprint density at radius 1 is 1.00 bits per heavy atom. The third-order valence-corrected chi connectivity index (χ3v) is 4.43. The molecule has 0 heterocycles. The van der Waals surface area contributed by atoms with E-state index < -0.39 is 17.8 Å². The third kappa shape index (κ3) is 3.64. The molecule has 1 aromatic carbocycles. The van der Waals surface area contributed by atoms with Crippen molar-refractivity contribution in [2.24, 2.45) is 11.8 Å². The summed E-state index contributed by atoms with van der Waals surface area (Å²) in [6, 6.07) is 7.01. The van der Waals surface area contributed by atoms with Gasteiger partial charge in [0.05, 0.1) is 23.1 Å². The van der Waals surface area contributed by atoms with Gasteiger partial charge in [0.2, 0.25) is 5.91 Å². The second-order valence-corrected chi connectivity index (χ2v) is 6.28. The number of carboxylic acids is 1. The summed E-state index contributed by atoms with van der Waals surface area (Å²) in [6.07, 6.45) is 6.31. The molecular weight excluding hydrogens is 308 g/mol. The highest BCUT2D eigenvalue weighted by Crippen LogP contribution is 2.28. The summed E-state index contributed by atoms with van der Waals surface area (Å²) in [6.45, 7) is 0. The van der Waals surface area contributed by atoms with Crippen molar-refractivity contribution in [2.45, 2.75) is 31.7 Å². The molecule has 0 radical (unpaired) electrons. The lowest BCUT2D eigenvalue weighted by atomic mass is 9.82. The Balaban J connectivity index is 1.75. The summed E-state index contributed by atoms with van der Waals surface area (Å²) >= 11 is 0. The maximum atomic E-state index is 12.6. The van der Waals surface area contributed by atoms with Gasteiger partial charge >= 0.3 is 5.97 Å². The minimum Gasteiger partial charge on any atom is -0.481 e. The van der Waals surface area contributed by atoms with Gasteiger partial charge in [-0.15, -0.1) is 0 Å². The maximum Gasteiger partial charge on any atom is 0.307 e. The van der Waals surface area contributed by atoms with Crippen LogP contribution in [0.2, 0.25) is 0 Å². The standard InChI is InChI=1S/C18H20N2O4/c21-16(12-5-1-2-6-13(12)18(23)24)20-15-8-4-3-7-14(15)17(22)19-11-9-10-11/h1-4,7-8,11-13H,5-6,9-10H2,(H,19,22)(H,20,21)(H,23,24)/t12-,13-/m1/s1. The number of carboxylic acid groups (broad SMARTS) is 1. The van der Waals surface area contributed by atoms with Gasteiger partial charge in [0.15, 0.2) is 0 Å². The average Bonchev–Trinajstić information content (AvgIpc) is 3.39. The van der Waals surface area contributed by atoms with E-state index in [9.17, 15) is 19.5 Å². The summed E-state index contributed by atoms with van der Waals surface area (Å²) in [5, 5.41) is 14.9. The molecule has 0 saturated heterocycles. The maximum absolute atomic E-state index is 12.6. The van der Waals surface area contributed by atoms with E-state index in [2.05, 4.69) is 10.6 Å². The monoisotopic (exact) mass is 328 g/mol. The van der Waals surface area contributed by atoms with Crippen molar-refractivity contribution in [3.05, 3.63) is 42.0 Å². The molecule has 0 aliphatic heterocycles. The van der Waals surface area contributed by atoms with Crippen LogP contribution in [0.1, 0.15) is 36.0 Å². The number of rotatable bonds is 5. The highest BCUT2D eigenvalue weighted by atomic mass is 16.4. The number of carbonyl (C=O) groups excluding carboxylic acids is 2. The second kappa shape index (κ2) is 6.86. The molecule has 3 N–H and O–H groups in total. The molecule has 6 nitrogen and oxygen atoms in total. The van der Waals surface area contributed by atoms with E-state index in [0.29, 0.717) is 24.1 Å². The lowest BCUT2D eigenvalue weighted by molar-refractivity contribution is -0.146. The Kier molecular flexibility index (Phi) is 4.64. The van der Waals surface area contributed by atoms with Crippen molar-refractivity contribution in [1.82, 2.24) is 5.32 Å². The van der Waals surface area contributed by atoms with E-state index in [1.165, 1.54) is 0 Å². The van der Waals surface area contributed by atoms with Gasteiger partial charge in [-0.25, -0.2) is 0 Å². The number of carbonyl (C=O) groups is 3. The topological polar surface area (TPSA) is 95.5 Å². The SMILES string of the molecule is O=C(NC1CC1)c1ccccc1NC(=O)[C@@H]1CC=CC[C@H]1C(=O)O. The van der Waals surface area contributed by atoms with Crippen LogP contribution in [0, 0.1) is 11.8 Å². The average molecular weight is 328 g/mol. The van der Waals surface area contributed by atoms with Gasteiger partial charge in [-0.2, -0.15) is 0 Å². The summed E-state index contributed by atoms with van der Waals surface area (Å²) in [5.41, 5.74) is 0.815. The number of hydrogen-bond acceptors (Lipinski definition) is 3. The lowest BCUT2D eigenvalue weighted by Gasteiger charge is -2.24. The largest absolute Gasteiger partial charge is 0.481 e. The lowest BCUT2D eigenvalue weighted by Crippen LogP contribution is -2.35. The molecule has 2 aliphatic carbocycles. The number of nitrogens with one attached hydrogen (secondary N) is 2. The molecule has 2 atom stereocenters. The predicted octanol–water partition coefficient (Wildman–Crippen LogP) is 2.18. The van der Waals surface area contributed by atoms with Gasteiger partial charge in [0.25, 0.3) is 5.91 Å². The molecule has 0 aromatic heterocycles. The molecule has 2 amide bonds. The normalized spacial score (nSPS) is 22.7. The van der Waals surface area contributed by atoms with E-state index in [1.54, 1.807) is 30.3 Å². The minimum absolute atomic E-state index is 0.216. The van der Waals surface area contributed by atoms with E-state index in [0.717, 1.165) is 12.8 Å². The first-order valence-electron chi connectivity index (χ1n) is 8.15. The van der Waals surface area contributed by atoms with Crippen LogP contribution in [0.15, 0.2) is 36.4 Å². The summed E-state index contributed by atoms with van der Waals surface area (Å²) in [7, 11) is 0. The molecule has 6 heteroatoms. The first-order chi connectivity index (χ1) is 11.6. The fourth-order valence-corrected chi connectivity index (χ4v) is 2.88. The van der Waals surface area contributed by atoms with E-state index in [-0.39, 0.29) is 17.9 Å². The van der Waals surface area contributed by atoms with E-state index in [4.69, 9.17) is 0 Å². The first kappa shape index (κ1) is 16.2. The minimum atomic E-state index is -0.973. The highest BCUT2D eigenvalue weighted by Gasteiger charge is 2.34. The highest BCUT2D eigenvalue weighted by molar-refractivity contribution is 6.05. The van der Waals surface area contributed by atoms with Crippen molar-refractivity contribution >= 4 is 23.5 Å². The van der Waals surface area contributed by atoms with Crippen LogP contribution < -0.4 is 10.6 Å². The van der Waals surface area contributed by atoms with Crippen molar-refractivity contribution in [3.8, 4) is 0 Å². The Morgan fingerprint density at radius 2 is 1.67 bits per heavy atom. The van der Waals surface area contributed by atoms with Crippen molar-refractivity contribution in [3.63, 3.8) is 0 Å². The molecule has 0 bridgehead atoms. The first-order valence-corrected chi connectivity index (χ1v) is 8.15. The van der Waals surface area contributed by atoms with Crippen LogP contribution in [0.25, 0.3) is 0 Å². The molecule has 0 spiro atoms. The Morgan fingerprint density at radius 3 is 2.33 bits per heavy atom. The van der Waals surface area contributed by atoms with Crippen molar-refractivity contribution < 1.29 is 19.5 Å². The zero-order valence-electron chi connectivity index (χ0n) is 13.2. The van der Waals surface area contributed by atoms with Gasteiger partial charge in [-0.05, 0) is 37.8 Å². The Labute approximate surface area is 139 Å². The molecule has 2 aliphatic rings. The summed E-state index contributed by atoms with van der Waals surface area (Å²) in [4.78, 5) is 36.2. The van der Waals surface area contributed by atoms with Crippen molar-refractivity contribution in [2.75, 3.05) is 5.32 Å².